The predicted molar refractivity (Wildman–Crippen MR) is 114 cm³/mol. The number of imidazole rings is 1. The van der Waals surface area contributed by atoms with Crippen LogP contribution in [0, 0.1) is 5.41 Å². The Morgan fingerprint density at radius 1 is 1.13 bits per heavy atom. The Kier molecular flexibility index (Phi) is 3.90. The Morgan fingerprint density at radius 3 is 2.71 bits per heavy atom. The summed E-state index contributed by atoms with van der Waals surface area (Å²) in [7, 11) is 1.91. The first kappa shape index (κ1) is 18.4. The molecule has 1 spiro atoms. The number of nitrogens with zero attached hydrogens (tertiary/aromatic N) is 5. The van der Waals surface area contributed by atoms with Gasteiger partial charge in [-0.3, -0.25) is 9.78 Å². The molecule has 3 aromatic rings. The molecule has 3 aliphatic rings. The topological polar surface area (TPSA) is 96.6 Å². The van der Waals surface area contributed by atoms with Crippen LogP contribution in [0.4, 0.5) is 10.5 Å². The number of rotatable bonds is 4. The Labute approximate surface area is 179 Å². The van der Waals surface area contributed by atoms with E-state index in [1.54, 1.807) is 16.9 Å². The van der Waals surface area contributed by atoms with E-state index in [0.29, 0.717) is 11.5 Å². The van der Waals surface area contributed by atoms with Crippen LogP contribution in [-0.4, -0.2) is 55.1 Å². The van der Waals surface area contributed by atoms with Crippen LogP contribution < -0.4 is 10.6 Å². The maximum Gasteiger partial charge on any atom is 0.319 e. The first-order valence-electron chi connectivity index (χ1n) is 10.8. The number of likely N-dealkylation sites (tertiary alicyclic amines) is 1. The van der Waals surface area contributed by atoms with Crippen molar-refractivity contribution in [3.8, 4) is 0 Å². The molecule has 160 valence electrons. The Hall–Kier alpha value is -3.36. The summed E-state index contributed by atoms with van der Waals surface area (Å²) >= 11 is 0. The van der Waals surface area contributed by atoms with Gasteiger partial charge in [0, 0.05) is 50.2 Å². The normalized spacial score (nSPS) is 19.8. The van der Waals surface area contributed by atoms with Crippen LogP contribution in [0.1, 0.15) is 47.5 Å². The van der Waals surface area contributed by atoms with Crippen molar-refractivity contribution in [2.45, 2.75) is 37.6 Å². The molecule has 4 heterocycles. The zero-order valence-corrected chi connectivity index (χ0v) is 17.4. The van der Waals surface area contributed by atoms with Crippen molar-refractivity contribution >= 4 is 23.3 Å². The number of hydrogen-bond acceptors (Lipinski definition) is 4. The summed E-state index contributed by atoms with van der Waals surface area (Å²) in [5.74, 6) is 0.633. The molecule has 3 fully saturated rings. The average molecular weight is 419 g/mol. The van der Waals surface area contributed by atoms with Crippen LogP contribution in [-0.2, 0) is 7.05 Å². The van der Waals surface area contributed by atoms with Gasteiger partial charge in [0.1, 0.15) is 11.2 Å². The molecule has 31 heavy (non-hydrogen) atoms. The fourth-order valence-corrected chi connectivity index (χ4v) is 5.14. The standard InChI is InChI=1S/C22H25N7O2/c1-27-4-5-29-19(27)18(11-24-29)20(30)28-12-22(13-28)7-17(8-22)26-21(31)25-16-6-15(9-23-10-16)14-2-3-14/h4-6,9-11,14,17H,2-3,7-8,12-13H2,1H3,(H2,25,26,31). The van der Waals surface area contributed by atoms with E-state index in [-0.39, 0.29) is 23.4 Å². The molecule has 0 aromatic carbocycles. The van der Waals surface area contributed by atoms with Crippen molar-refractivity contribution < 1.29 is 9.59 Å². The van der Waals surface area contributed by atoms with E-state index in [2.05, 4.69) is 20.7 Å². The van der Waals surface area contributed by atoms with Gasteiger partial charge in [-0.15, -0.1) is 0 Å². The summed E-state index contributed by atoms with van der Waals surface area (Å²) in [6.45, 7) is 1.47. The van der Waals surface area contributed by atoms with Gasteiger partial charge in [-0.05, 0) is 43.2 Å². The lowest BCUT2D eigenvalue weighted by Crippen LogP contribution is -2.67. The number of carbonyl (C=O) groups is 2. The number of hydrogen-bond donors (Lipinski definition) is 2. The van der Waals surface area contributed by atoms with Crippen LogP contribution in [0.3, 0.4) is 0 Å². The number of anilines is 1. The zero-order chi connectivity index (χ0) is 21.2. The average Bonchev–Trinajstić information content (AvgIpc) is 3.36. The van der Waals surface area contributed by atoms with Crippen LogP contribution >= 0.6 is 0 Å². The Balaban J connectivity index is 1.00. The maximum absolute atomic E-state index is 12.9. The molecule has 2 N–H and O–H groups in total. The van der Waals surface area contributed by atoms with Crippen LogP contribution in [0.5, 0.6) is 0 Å². The first-order valence-corrected chi connectivity index (χ1v) is 10.8. The minimum absolute atomic E-state index is 0.0274. The van der Waals surface area contributed by atoms with Crippen molar-refractivity contribution in [1.82, 2.24) is 29.4 Å². The van der Waals surface area contributed by atoms with Gasteiger partial charge >= 0.3 is 6.03 Å². The number of amides is 3. The second kappa shape index (κ2) is 6.57. The monoisotopic (exact) mass is 419 g/mol. The van der Waals surface area contributed by atoms with Gasteiger partial charge in [0.2, 0.25) is 0 Å². The van der Waals surface area contributed by atoms with Crippen molar-refractivity contribution in [3.05, 3.63) is 48.2 Å². The van der Waals surface area contributed by atoms with Gasteiger partial charge in [0.25, 0.3) is 5.91 Å². The molecular weight excluding hydrogens is 394 g/mol. The number of carbonyl (C=O) groups excluding carboxylic acids is 2. The molecule has 3 amide bonds. The summed E-state index contributed by atoms with van der Waals surface area (Å²) in [6.07, 6.45) is 13.2. The quantitative estimate of drug-likeness (QED) is 0.679. The van der Waals surface area contributed by atoms with Crippen molar-refractivity contribution in [2.24, 2.45) is 12.5 Å². The number of pyridine rings is 1. The van der Waals surface area contributed by atoms with Crippen LogP contribution in [0.25, 0.3) is 5.65 Å². The highest BCUT2D eigenvalue weighted by atomic mass is 16.2. The van der Waals surface area contributed by atoms with Crippen LogP contribution in [0.15, 0.2) is 37.1 Å². The van der Waals surface area contributed by atoms with Crippen LogP contribution in [0.2, 0.25) is 0 Å². The highest BCUT2D eigenvalue weighted by Crippen LogP contribution is 2.48. The molecule has 1 aliphatic heterocycles. The highest BCUT2D eigenvalue weighted by molar-refractivity contribution is 6.00. The molecule has 2 aliphatic carbocycles. The lowest BCUT2D eigenvalue weighted by atomic mass is 9.60. The summed E-state index contributed by atoms with van der Waals surface area (Å²) in [6, 6.07) is 1.97. The molecule has 1 saturated heterocycles. The molecular formula is C22H25N7O2. The lowest BCUT2D eigenvalue weighted by molar-refractivity contribution is -0.0582. The molecule has 0 atom stereocenters. The number of urea groups is 1. The van der Waals surface area contributed by atoms with E-state index >= 15 is 0 Å². The molecule has 9 heteroatoms. The van der Waals surface area contributed by atoms with E-state index in [4.69, 9.17) is 0 Å². The van der Waals surface area contributed by atoms with Crippen molar-refractivity contribution in [1.29, 1.82) is 0 Å². The van der Waals surface area contributed by atoms with Gasteiger partial charge < -0.3 is 20.1 Å². The third-order valence-corrected chi connectivity index (χ3v) is 6.86. The SMILES string of the molecule is Cn1ccn2ncc(C(=O)N3CC4(CC(NC(=O)Nc5cncc(C6CC6)c5)C4)C3)c12. The number of aryl methyl sites for hydroxylation is 1. The van der Waals surface area contributed by atoms with E-state index in [0.717, 1.165) is 37.3 Å². The van der Waals surface area contributed by atoms with Gasteiger partial charge in [-0.2, -0.15) is 5.10 Å². The first-order chi connectivity index (χ1) is 15.0. The lowest BCUT2D eigenvalue weighted by Gasteiger charge is -2.58. The smallest absolute Gasteiger partial charge is 0.319 e. The van der Waals surface area contributed by atoms with Crippen molar-refractivity contribution in [2.75, 3.05) is 18.4 Å². The van der Waals surface area contributed by atoms with Gasteiger partial charge in [0.15, 0.2) is 0 Å². The minimum atomic E-state index is -0.187. The molecule has 2 saturated carbocycles. The Morgan fingerprint density at radius 2 is 1.94 bits per heavy atom. The van der Waals surface area contributed by atoms with Gasteiger partial charge in [-0.25, -0.2) is 9.31 Å². The molecule has 3 aromatic heterocycles. The third kappa shape index (κ3) is 3.15. The predicted octanol–water partition coefficient (Wildman–Crippen LogP) is 2.37. The second-order valence-corrected chi connectivity index (χ2v) is 9.38. The maximum atomic E-state index is 12.9. The minimum Gasteiger partial charge on any atom is -0.337 e. The van der Waals surface area contributed by atoms with Gasteiger partial charge in [-0.1, -0.05) is 0 Å². The van der Waals surface area contributed by atoms with E-state index in [1.807, 2.05) is 41.2 Å². The van der Waals surface area contributed by atoms with Gasteiger partial charge in [0.05, 0.1) is 18.1 Å². The fourth-order valence-electron chi connectivity index (χ4n) is 5.14. The Bertz CT molecular complexity index is 1180. The number of nitrogens with one attached hydrogen (secondary N) is 2. The summed E-state index contributed by atoms with van der Waals surface area (Å²) < 4.78 is 3.63. The van der Waals surface area contributed by atoms with E-state index in [9.17, 15) is 9.59 Å². The molecule has 0 unspecified atom stereocenters. The summed E-state index contributed by atoms with van der Waals surface area (Å²) in [4.78, 5) is 31.4. The molecule has 6 rings (SSSR count). The second-order valence-electron chi connectivity index (χ2n) is 9.38. The zero-order valence-electron chi connectivity index (χ0n) is 17.4. The van der Waals surface area contributed by atoms with Crippen molar-refractivity contribution in [3.63, 3.8) is 0 Å². The van der Waals surface area contributed by atoms with E-state index < -0.39 is 0 Å². The summed E-state index contributed by atoms with van der Waals surface area (Å²) in [5.41, 5.74) is 3.53. The fraction of sp³-hybridized carbons (Fsp3) is 0.455. The largest absolute Gasteiger partial charge is 0.337 e. The molecule has 0 radical (unpaired) electrons. The molecule has 9 nitrogen and oxygen atoms in total. The molecule has 0 bridgehead atoms. The highest BCUT2D eigenvalue weighted by Gasteiger charge is 2.54. The number of fused-ring (bicyclic) bond motifs is 1. The van der Waals surface area contributed by atoms with E-state index in [1.165, 1.54) is 18.4 Å². The summed E-state index contributed by atoms with van der Waals surface area (Å²) in [5, 5.41) is 10.2. The number of aromatic nitrogens is 4. The third-order valence-electron chi connectivity index (χ3n) is 6.86.